The average Bonchev–Trinajstić information content (AvgIpc) is 3.15. The predicted molar refractivity (Wildman–Crippen MR) is 105 cm³/mol. The number of carbonyl (C=O) groups is 1. The van der Waals surface area contributed by atoms with Crippen molar-refractivity contribution in [2.75, 3.05) is 6.61 Å². The van der Waals surface area contributed by atoms with Gasteiger partial charge in [-0.05, 0) is 30.9 Å². The molecule has 1 aliphatic rings. The molecular formula is C19H20N2O2S2. The number of nitrogens with zero attached hydrogens (tertiary/aromatic N) is 1. The Morgan fingerprint density at radius 3 is 2.76 bits per heavy atom. The van der Waals surface area contributed by atoms with Gasteiger partial charge in [0, 0.05) is 16.3 Å². The number of hydrogen-bond donors (Lipinski definition) is 1. The van der Waals surface area contributed by atoms with Crippen LogP contribution in [0.25, 0.3) is 0 Å². The van der Waals surface area contributed by atoms with E-state index in [0.29, 0.717) is 12.2 Å². The number of rotatable bonds is 5. The maximum absolute atomic E-state index is 12.4. The summed E-state index contributed by atoms with van der Waals surface area (Å²) < 4.78 is 5.24. The number of thiophene rings is 1. The zero-order valence-electron chi connectivity index (χ0n) is 14.2. The Kier molecular flexibility index (Phi) is 5.94. The van der Waals surface area contributed by atoms with E-state index < -0.39 is 0 Å². The van der Waals surface area contributed by atoms with Crippen molar-refractivity contribution in [1.82, 2.24) is 5.32 Å². The Labute approximate surface area is 156 Å². The van der Waals surface area contributed by atoms with Gasteiger partial charge in [0.05, 0.1) is 12.2 Å². The third-order valence-electron chi connectivity index (χ3n) is 3.74. The largest absolute Gasteiger partial charge is 0.463 e. The van der Waals surface area contributed by atoms with Crippen LogP contribution in [0, 0.1) is 0 Å². The smallest absolute Gasteiger partial charge is 0.338 e. The third-order valence-corrected chi connectivity index (χ3v) is 5.63. The molecule has 0 radical (unpaired) electrons. The molecular weight excluding hydrogens is 352 g/mol. The average molecular weight is 373 g/mol. The van der Waals surface area contributed by atoms with E-state index in [9.17, 15) is 4.79 Å². The van der Waals surface area contributed by atoms with E-state index in [0.717, 1.165) is 21.5 Å². The molecule has 0 spiro atoms. The molecule has 6 heteroatoms. The van der Waals surface area contributed by atoms with Crippen molar-refractivity contribution in [1.29, 1.82) is 0 Å². The Hall–Kier alpha value is -2.05. The first-order valence-electron chi connectivity index (χ1n) is 8.12. The summed E-state index contributed by atoms with van der Waals surface area (Å²) in [4.78, 5) is 18.2. The quantitative estimate of drug-likeness (QED) is 0.784. The summed E-state index contributed by atoms with van der Waals surface area (Å²) in [7, 11) is 0. The molecule has 0 aliphatic carbocycles. The molecule has 130 valence electrons. The van der Waals surface area contributed by atoms with Crippen LogP contribution in [0.4, 0.5) is 0 Å². The van der Waals surface area contributed by atoms with Crippen LogP contribution in [0.5, 0.6) is 0 Å². The molecule has 0 amide bonds. The lowest BCUT2D eigenvalue weighted by molar-refractivity contribution is -0.138. The third kappa shape index (κ3) is 4.32. The van der Waals surface area contributed by atoms with Gasteiger partial charge in [-0.2, -0.15) is 0 Å². The number of nitrogens with one attached hydrogen (secondary N) is 1. The number of ether oxygens (including phenoxy) is 1. The lowest BCUT2D eigenvalue weighted by Gasteiger charge is -2.24. The Balaban J connectivity index is 1.83. The zero-order valence-corrected chi connectivity index (χ0v) is 15.8. The summed E-state index contributed by atoms with van der Waals surface area (Å²) in [5, 5.41) is 6.09. The molecule has 0 saturated heterocycles. The number of benzene rings is 1. The maximum Gasteiger partial charge on any atom is 0.338 e. The number of carbonyl (C=O) groups excluding carboxylic acids is 1. The topological polar surface area (TPSA) is 50.7 Å². The summed E-state index contributed by atoms with van der Waals surface area (Å²) in [6.45, 7) is 4.07. The molecule has 25 heavy (non-hydrogen) atoms. The molecule has 1 aromatic heterocycles. The molecule has 4 nitrogen and oxygen atoms in total. The minimum atomic E-state index is -0.307. The summed E-state index contributed by atoms with van der Waals surface area (Å²) in [5.41, 5.74) is 2.64. The van der Waals surface area contributed by atoms with Crippen molar-refractivity contribution in [2.45, 2.75) is 25.6 Å². The normalized spacial score (nSPS) is 17.0. The van der Waals surface area contributed by atoms with Crippen LogP contribution in [0.1, 0.15) is 30.3 Å². The van der Waals surface area contributed by atoms with Gasteiger partial charge in [-0.15, -0.1) is 11.3 Å². The summed E-state index contributed by atoms with van der Waals surface area (Å²) >= 11 is 3.24. The summed E-state index contributed by atoms with van der Waals surface area (Å²) in [6.07, 6.45) is 0. The first-order valence-corrected chi connectivity index (χ1v) is 9.98. The highest BCUT2D eigenvalue weighted by Crippen LogP contribution is 2.35. The second kappa shape index (κ2) is 8.36. The minimum absolute atomic E-state index is 0.304. The van der Waals surface area contributed by atoms with Gasteiger partial charge in [-0.1, -0.05) is 48.2 Å². The number of thioether (sulfide) groups is 1. The first-order chi connectivity index (χ1) is 12.2. The van der Waals surface area contributed by atoms with E-state index >= 15 is 0 Å². The molecule has 0 bridgehead atoms. The van der Waals surface area contributed by atoms with Gasteiger partial charge < -0.3 is 10.1 Å². The Bertz CT molecular complexity index is 783. The highest BCUT2D eigenvalue weighted by atomic mass is 32.2. The molecule has 1 atom stereocenters. The standard InChI is InChI=1S/C19H20N2O2S2/c1-3-23-18(22)16-13(2)20-19(21-17(16)15-10-7-11-24-15)25-12-14-8-5-4-6-9-14/h4-11,17H,3,12H2,1-2H3,(H,20,21). The zero-order chi connectivity index (χ0) is 17.6. The van der Waals surface area contributed by atoms with Crippen molar-refractivity contribution >= 4 is 34.2 Å². The Morgan fingerprint density at radius 2 is 2.08 bits per heavy atom. The van der Waals surface area contributed by atoms with Crippen molar-refractivity contribution in [2.24, 2.45) is 4.99 Å². The molecule has 0 saturated carbocycles. The van der Waals surface area contributed by atoms with Crippen LogP contribution >= 0.6 is 23.1 Å². The molecule has 1 unspecified atom stereocenters. The molecule has 0 fully saturated rings. The fraction of sp³-hybridized carbons (Fsp3) is 0.263. The molecule has 2 heterocycles. The van der Waals surface area contributed by atoms with E-state index in [4.69, 9.17) is 9.73 Å². The highest BCUT2D eigenvalue weighted by molar-refractivity contribution is 8.13. The fourth-order valence-corrected chi connectivity index (χ4v) is 4.24. The summed E-state index contributed by atoms with van der Waals surface area (Å²) in [5.74, 6) is 0.521. The first kappa shape index (κ1) is 17.8. The van der Waals surface area contributed by atoms with Gasteiger partial charge in [-0.25, -0.2) is 9.79 Å². The SMILES string of the molecule is CCOC(=O)C1=C(C)NC(SCc2ccccc2)=NC1c1cccs1. The van der Waals surface area contributed by atoms with Gasteiger partial charge in [0.2, 0.25) is 0 Å². The predicted octanol–water partition coefficient (Wildman–Crippen LogP) is 4.52. The molecule has 1 N–H and O–H groups in total. The van der Waals surface area contributed by atoms with Gasteiger partial charge in [0.1, 0.15) is 6.04 Å². The van der Waals surface area contributed by atoms with Gasteiger partial charge in [0.15, 0.2) is 5.17 Å². The van der Waals surface area contributed by atoms with E-state index in [1.807, 2.05) is 49.6 Å². The molecule has 2 aromatic rings. The van der Waals surface area contributed by atoms with Gasteiger partial charge in [-0.3, -0.25) is 0 Å². The Morgan fingerprint density at radius 1 is 1.28 bits per heavy atom. The molecule has 1 aromatic carbocycles. The second-order valence-corrected chi connectivity index (χ2v) is 7.45. The van der Waals surface area contributed by atoms with Crippen LogP contribution in [0.2, 0.25) is 0 Å². The van der Waals surface area contributed by atoms with E-state index in [1.165, 1.54) is 5.56 Å². The van der Waals surface area contributed by atoms with Crippen molar-refractivity contribution < 1.29 is 9.53 Å². The minimum Gasteiger partial charge on any atom is -0.463 e. The van der Waals surface area contributed by atoms with Gasteiger partial charge >= 0.3 is 5.97 Å². The molecule has 3 rings (SSSR count). The van der Waals surface area contributed by atoms with E-state index in [2.05, 4.69) is 17.4 Å². The second-order valence-electron chi connectivity index (χ2n) is 5.51. The van der Waals surface area contributed by atoms with E-state index in [-0.39, 0.29) is 12.0 Å². The van der Waals surface area contributed by atoms with Gasteiger partial charge in [0.25, 0.3) is 0 Å². The maximum atomic E-state index is 12.4. The number of allylic oxidation sites excluding steroid dienone is 1. The lowest BCUT2D eigenvalue weighted by Crippen LogP contribution is -2.30. The van der Waals surface area contributed by atoms with Crippen LogP contribution in [-0.4, -0.2) is 17.7 Å². The van der Waals surface area contributed by atoms with E-state index in [1.54, 1.807) is 23.1 Å². The fourth-order valence-electron chi connectivity index (χ4n) is 2.57. The number of hydrogen-bond acceptors (Lipinski definition) is 6. The molecule has 1 aliphatic heterocycles. The highest BCUT2D eigenvalue weighted by Gasteiger charge is 2.30. The van der Waals surface area contributed by atoms with Crippen molar-refractivity contribution in [3.63, 3.8) is 0 Å². The van der Waals surface area contributed by atoms with Crippen LogP contribution in [-0.2, 0) is 15.3 Å². The number of esters is 1. The monoisotopic (exact) mass is 372 g/mol. The number of amidine groups is 1. The van der Waals surface area contributed by atoms with Crippen LogP contribution in [0.15, 0.2) is 64.1 Å². The van der Waals surface area contributed by atoms with Crippen molar-refractivity contribution in [3.05, 3.63) is 69.6 Å². The number of aliphatic imine (C=N–C) groups is 1. The van der Waals surface area contributed by atoms with Crippen LogP contribution in [0.3, 0.4) is 0 Å². The summed E-state index contributed by atoms with van der Waals surface area (Å²) in [6, 6.07) is 14.0. The van der Waals surface area contributed by atoms with Crippen LogP contribution < -0.4 is 5.32 Å². The van der Waals surface area contributed by atoms with Crippen molar-refractivity contribution in [3.8, 4) is 0 Å². The lowest BCUT2D eigenvalue weighted by atomic mass is 10.0.